The highest BCUT2D eigenvalue weighted by molar-refractivity contribution is 5.76. The zero-order valence-electron chi connectivity index (χ0n) is 10.8. The van der Waals surface area contributed by atoms with Gasteiger partial charge < -0.3 is 15.4 Å². The van der Waals surface area contributed by atoms with Crippen LogP contribution in [0.5, 0.6) is 0 Å². The molecule has 1 saturated heterocycles. The lowest BCUT2D eigenvalue weighted by molar-refractivity contribution is -0.123. The molecule has 2 unspecified atom stereocenters. The summed E-state index contributed by atoms with van der Waals surface area (Å²) in [6.07, 6.45) is 1.07. The van der Waals surface area contributed by atoms with Crippen LogP contribution in [0, 0.1) is 0 Å². The van der Waals surface area contributed by atoms with E-state index >= 15 is 0 Å². The second-order valence-electron chi connectivity index (χ2n) is 4.63. The van der Waals surface area contributed by atoms with Crippen LogP contribution in [0.4, 0.5) is 8.78 Å². The summed E-state index contributed by atoms with van der Waals surface area (Å²) >= 11 is 0. The number of rotatable bonds is 7. The van der Waals surface area contributed by atoms with Gasteiger partial charge in [0.15, 0.2) is 0 Å². The van der Waals surface area contributed by atoms with Crippen molar-refractivity contribution in [3.05, 3.63) is 0 Å². The standard InChI is InChI=1S/C12H22F2N2O2/c1-9(10-4-2-3-6-15-10)16-12(17)5-7-18-8-11(13)14/h9-11,15H,2-8H2,1H3,(H,16,17). The molecule has 0 saturated carbocycles. The third kappa shape index (κ3) is 6.26. The Balaban J connectivity index is 2.10. The van der Waals surface area contributed by atoms with Crippen molar-refractivity contribution >= 4 is 5.91 Å². The van der Waals surface area contributed by atoms with Gasteiger partial charge in [0.05, 0.1) is 6.61 Å². The lowest BCUT2D eigenvalue weighted by atomic mass is 9.99. The SMILES string of the molecule is CC(NC(=O)CCOCC(F)F)C1CCCCN1. The third-order valence-corrected chi connectivity index (χ3v) is 3.06. The fourth-order valence-corrected chi connectivity index (χ4v) is 2.07. The molecule has 1 aliphatic heterocycles. The summed E-state index contributed by atoms with van der Waals surface area (Å²) in [5, 5.41) is 6.23. The van der Waals surface area contributed by atoms with Gasteiger partial charge in [-0.1, -0.05) is 6.42 Å². The summed E-state index contributed by atoms with van der Waals surface area (Å²) in [6.45, 7) is 2.39. The Kier molecular flexibility index (Phi) is 7.12. The van der Waals surface area contributed by atoms with Crippen molar-refractivity contribution in [1.29, 1.82) is 0 Å². The number of ether oxygens (including phenoxy) is 1. The van der Waals surface area contributed by atoms with Crippen molar-refractivity contribution in [1.82, 2.24) is 10.6 Å². The van der Waals surface area contributed by atoms with Gasteiger partial charge in [0.2, 0.25) is 5.91 Å². The smallest absolute Gasteiger partial charge is 0.261 e. The van der Waals surface area contributed by atoms with E-state index in [1.807, 2.05) is 6.92 Å². The van der Waals surface area contributed by atoms with E-state index in [2.05, 4.69) is 15.4 Å². The van der Waals surface area contributed by atoms with E-state index in [9.17, 15) is 13.6 Å². The van der Waals surface area contributed by atoms with Gasteiger partial charge in [-0.05, 0) is 26.3 Å². The van der Waals surface area contributed by atoms with Crippen molar-refractivity contribution in [2.75, 3.05) is 19.8 Å². The van der Waals surface area contributed by atoms with E-state index in [-0.39, 0.29) is 25.0 Å². The number of carbonyl (C=O) groups is 1. The molecule has 2 N–H and O–H groups in total. The average Bonchev–Trinajstić information content (AvgIpc) is 2.35. The van der Waals surface area contributed by atoms with Crippen LogP contribution in [0.1, 0.15) is 32.6 Å². The lowest BCUT2D eigenvalue weighted by Crippen LogP contribution is -2.50. The van der Waals surface area contributed by atoms with E-state index in [4.69, 9.17) is 0 Å². The molecule has 0 spiro atoms. The van der Waals surface area contributed by atoms with Gasteiger partial charge in [0, 0.05) is 18.5 Å². The Hall–Kier alpha value is -0.750. The molecule has 2 atom stereocenters. The van der Waals surface area contributed by atoms with E-state index in [1.54, 1.807) is 0 Å². The summed E-state index contributed by atoms with van der Waals surface area (Å²) in [6, 6.07) is 0.373. The number of amides is 1. The molecular weight excluding hydrogens is 242 g/mol. The van der Waals surface area contributed by atoms with Crippen molar-refractivity contribution < 1.29 is 18.3 Å². The number of carbonyl (C=O) groups excluding carboxylic acids is 1. The third-order valence-electron chi connectivity index (χ3n) is 3.06. The maximum atomic E-state index is 11.8. The van der Waals surface area contributed by atoms with Gasteiger partial charge in [0.1, 0.15) is 6.61 Å². The largest absolute Gasteiger partial charge is 0.375 e. The molecule has 0 aromatic rings. The summed E-state index contributed by atoms with van der Waals surface area (Å²) in [5.41, 5.74) is 0. The highest BCUT2D eigenvalue weighted by Gasteiger charge is 2.20. The predicted molar refractivity (Wildman–Crippen MR) is 64.7 cm³/mol. The molecule has 1 aliphatic rings. The molecule has 1 fully saturated rings. The van der Waals surface area contributed by atoms with E-state index in [0.29, 0.717) is 6.04 Å². The van der Waals surface area contributed by atoms with Crippen LogP contribution in [-0.2, 0) is 9.53 Å². The first-order valence-corrected chi connectivity index (χ1v) is 6.48. The molecule has 6 heteroatoms. The maximum Gasteiger partial charge on any atom is 0.261 e. The Labute approximate surface area is 106 Å². The Morgan fingerprint density at radius 2 is 2.28 bits per heavy atom. The van der Waals surface area contributed by atoms with Crippen LogP contribution in [0.25, 0.3) is 0 Å². The molecule has 18 heavy (non-hydrogen) atoms. The minimum atomic E-state index is -2.47. The van der Waals surface area contributed by atoms with Gasteiger partial charge in [0.25, 0.3) is 6.43 Å². The quantitative estimate of drug-likeness (QED) is 0.682. The van der Waals surface area contributed by atoms with Crippen LogP contribution in [0.3, 0.4) is 0 Å². The fraction of sp³-hybridized carbons (Fsp3) is 0.917. The van der Waals surface area contributed by atoms with E-state index < -0.39 is 13.0 Å². The second kappa shape index (κ2) is 8.37. The monoisotopic (exact) mass is 264 g/mol. The zero-order chi connectivity index (χ0) is 13.4. The van der Waals surface area contributed by atoms with E-state index in [1.165, 1.54) is 12.8 Å². The minimum absolute atomic E-state index is 0.0426. The molecule has 0 aliphatic carbocycles. The Bertz CT molecular complexity index is 246. The number of nitrogens with one attached hydrogen (secondary N) is 2. The van der Waals surface area contributed by atoms with Crippen LogP contribution in [-0.4, -0.2) is 44.2 Å². The van der Waals surface area contributed by atoms with Crippen LogP contribution in [0.15, 0.2) is 0 Å². The predicted octanol–water partition coefficient (Wildman–Crippen LogP) is 1.31. The number of piperidine rings is 1. The average molecular weight is 264 g/mol. The normalized spacial score (nSPS) is 21.9. The van der Waals surface area contributed by atoms with Gasteiger partial charge >= 0.3 is 0 Å². The first-order chi connectivity index (χ1) is 8.59. The number of hydrogen-bond donors (Lipinski definition) is 2. The highest BCUT2D eigenvalue weighted by atomic mass is 19.3. The van der Waals surface area contributed by atoms with Gasteiger partial charge in [-0.25, -0.2) is 8.78 Å². The maximum absolute atomic E-state index is 11.8. The first kappa shape index (κ1) is 15.3. The molecule has 0 bridgehead atoms. The zero-order valence-corrected chi connectivity index (χ0v) is 10.8. The molecule has 1 rings (SSSR count). The summed E-state index contributed by atoms with van der Waals surface area (Å²) in [5.74, 6) is -0.149. The topological polar surface area (TPSA) is 50.4 Å². The molecular formula is C12H22F2N2O2. The minimum Gasteiger partial charge on any atom is -0.375 e. The molecule has 4 nitrogen and oxygen atoms in total. The highest BCUT2D eigenvalue weighted by Crippen LogP contribution is 2.10. The van der Waals surface area contributed by atoms with Crippen molar-refractivity contribution in [2.24, 2.45) is 0 Å². The first-order valence-electron chi connectivity index (χ1n) is 6.48. The molecule has 1 heterocycles. The lowest BCUT2D eigenvalue weighted by Gasteiger charge is -2.29. The number of alkyl halides is 2. The number of halogens is 2. The molecule has 106 valence electrons. The Morgan fingerprint density at radius 1 is 1.50 bits per heavy atom. The van der Waals surface area contributed by atoms with Gasteiger partial charge in [-0.2, -0.15) is 0 Å². The molecule has 0 aromatic carbocycles. The van der Waals surface area contributed by atoms with Crippen LogP contribution >= 0.6 is 0 Å². The van der Waals surface area contributed by atoms with Crippen LogP contribution in [0.2, 0.25) is 0 Å². The van der Waals surface area contributed by atoms with E-state index in [0.717, 1.165) is 13.0 Å². The number of hydrogen-bond acceptors (Lipinski definition) is 3. The van der Waals surface area contributed by atoms with Crippen molar-refractivity contribution in [3.8, 4) is 0 Å². The summed E-state index contributed by atoms with van der Waals surface area (Å²) < 4.78 is 28.2. The van der Waals surface area contributed by atoms with Gasteiger partial charge in [-0.15, -0.1) is 0 Å². The molecule has 0 radical (unpaired) electrons. The van der Waals surface area contributed by atoms with Crippen molar-refractivity contribution in [2.45, 2.75) is 51.1 Å². The summed E-state index contributed by atoms with van der Waals surface area (Å²) in [4.78, 5) is 11.5. The van der Waals surface area contributed by atoms with Gasteiger partial charge in [-0.3, -0.25) is 4.79 Å². The molecule has 0 aromatic heterocycles. The fourth-order valence-electron chi connectivity index (χ4n) is 2.07. The van der Waals surface area contributed by atoms with Crippen molar-refractivity contribution in [3.63, 3.8) is 0 Å². The Morgan fingerprint density at radius 3 is 2.89 bits per heavy atom. The molecule has 1 amide bonds. The summed E-state index contributed by atoms with van der Waals surface area (Å²) in [7, 11) is 0. The second-order valence-corrected chi connectivity index (χ2v) is 4.63. The van der Waals surface area contributed by atoms with Crippen LogP contribution < -0.4 is 10.6 Å².